The average molecular weight is 296 g/mol. The lowest BCUT2D eigenvalue weighted by Crippen LogP contribution is -2.05. The van der Waals surface area contributed by atoms with Crippen LogP contribution in [0.5, 0.6) is 0 Å². The van der Waals surface area contributed by atoms with Gasteiger partial charge in [0.2, 0.25) is 5.95 Å². The lowest BCUT2D eigenvalue weighted by molar-refractivity contribution is -0.137. The van der Waals surface area contributed by atoms with E-state index < -0.39 is 17.6 Å². The van der Waals surface area contributed by atoms with Gasteiger partial charge in [0, 0.05) is 11.8 Å². The lowest BCUT2D eigenvalue weighted by Gasteiger charge is -2.10. The van der Waals surface area contributed by atoms with Crippen LogP contribution >= 0.6 is 0 Å². The summed E-state index contributed by atoms with van der Waals surface area (Å²) in [5.41, 5.74) is 5.03. The van der Waals surface area contributed by atoms with Crippen LogP contribution in [0, 0.1) is 5.82 Å². The Morgan fingerprint density at radius 1 is 1.14 bits per heavy atom. The molecule has 0 saturated heterocycles. The van der Waals surface area contributed by atoms with Gasteiger partial charge in [-0.15, -0.1) is 5.10 Å². The van der Waals surface area contributed by atoms with Crippen molar-refractivity contribution in [1.29, 1.82) is 0 Å². The zero-order valence-corrected chi connectivity index (χ0v) is 10.4. The molecule has 0 amide bonds. The Labute approximate surface area is 115 Å². The normalized spacial score (nSPS) is 12.0. The number of nitrogens with two attached hydrogens (primary N) is 1. The summed E-state index contributed by atoms with van der Waals surface area (Å²) >= 11 is 0. The molecule has 0 aliphatic carbocycles. The van der Waals surface area contributed by atoms with Gasteiger partial charge in [-0.05, 0) is 35.9 Å². The minimum atomic E-state index is -4.63. The van der Waals surface area contributed by atoms with Crippen molar-refractivity contribution in [1.82, 2.24) is 14.6 Å². The van der Waals surface area contributed by atoms with Gasteiger partial charge in [0.05, 0.1) is 5.56 Å². The second-order valence-electron chi connectivity index (χ2n) is 4.39. The number of halogens is 4. The minimum Gasteiger partial charge on any atom is -0.366 e. The summed E-state index contributed by atoms with van der Waals surface area (Å²) in [4.78, 5) is 3.94. The van der Waals surface area contributed by atoms with Crippen molar-refractivity contribution < 1.29 is 17.6 Å². The van der Waals surface area contributed by atoms with Crippen LogP contribution in [0.15, 0.2) is 36.5 Å². The zero-order valence-electron chi connectivity index (χ0n) is 10.4. The van der Waals surface area contributed by atoms with Gasteiger partial charge in [-0.25, -0.2) is 8.91 Å². The number of hydrogen-bond donors (Lipinski definition) is 1. The second-order valence-corrected chi connectivity index (χ2v) is 4.39. The van der Waals surface area contributed by atoms with Gasteiger partial charge in [-0.1, -0.05) is 0 Å². The van der Waals surface area contributed by atoms with E-state index in [0.29, 0.717) is 11.6 Å². The molecular formula is C13H8F4N4. The predicted molar refractivity (Wildman–Crippen MR) is 67.8 cm³/mol. The molecule has 0 spiro atoms. The summed E-state index contributed by atoms with van der Waals surface area (Å²) in [7, 11) is 0. The maximum Gasteiger partial charge on any atom is 0.416 e. The minimum absolute atomic E-state index is 0.0186. The third kappa shape index (κ3) is 2.39. The number of nitrogen functional groups attached to an aromatic ring is 1. The van der Waals surface area contributed by atoms with Crippen molar-refractivity contribution in [2.45, 2.75) is 6.18 Å². The largest absolute Gasteiger partial charge is 0.416 e. The van der Waals surface area contributed by atoms with Crippen LogP contribution in [-0.2, 0) is 6.18 Å². The van der Waals surface area contributed by atoms with Crippen LogP contribution in [0.3, 0.4) is 0 Å². The monoisotopic (exact) mass is 296 g/mol. The van der Waals surface area contributed by atoms with Crippen LogP contribution in [0.2, 0.25) is 0 Å². The van der Waals surface area contributed by atoms with Crippen molar-refractivity contribution in [3.63, 3.8) is 0 Å². The predicted octanol–water partition coefficient (Wildman–Crippen LogP) is 3.14. The van der Waals surface area contributed by atoms with E-state index in [-0.39, 0.29) is 17.2 Å². The van der Waals surface area contributed by atoms with Crippen LogP contribution in [-0.4, -0.2) is 14.6 Å². The molecule has 0 bridgehead atoms. The summed E-state index contributed by atoms with van der Waals surface area (Å²) in [6.45, 7) is 0. The van der Waals surface area contributed by atoms with Gasteiger partial charge < -0.3 is 5.73 Å². The topological polar surface area (TPSA) is 56.2 Å². The summed E-state index contributed by atoms with van der Waals surface area (Å²) in [5, 5.41) is 3.86. The quantitative estimate of drug-likeness (QED) is 0.702. The van der Waals surface area contributed by atoms with Crippen LogP contribution in [0.4, 0.5) is 23.5 Å². The summed E-state index contributed by atoms with van der Waals surface area (Å²) in [6.07, 6.45) is -3.08. The fraction of sp³-hybridized carbons (Fsp3) is 0.0769. The highest BCUT2D eigenvalue weighted by atomic mass is 19.4. The van der Waals surface area contributed by atoms with Crippen LogP contribution in [0.25, 0.3) is 16.8 Å². The molecule has 1 aromatic carbocycles. The van der Waals surface area contributed by atoms with Gasteiger partial charge in [0.15, 0.2) is 5.65 Å². The SMILES string of the molecule is Nc1nc2c(-c3cc(F)cc(C(F)(F)F)c3)cccn2n1. The third-order valence-electron chi connectivity index (χ3n) is 2.91. The van der Waals surface area contributed by atoms with E-state index in [4.69, 9.17) is 5.73 Å². The van der Waals surface area contributed by atoms with E-state index in [0.717, 1.165) is 12.1 Å². The number of aromatic nitrogens is 3. The van der Waals surface area contributed by atoms with E-state index in [1.807, 2.05) is 0 Å². The molecule has 0 atom stereocenters. The highest BCUT2D eigenvalue weighted by molar-refractivity contribution is 5.78. The van der Waals surface area contributed by atoms with Crippen molar-refractivity contribution in [3.05, 3.63) is 47.9 Å². The molecule has 0 radical (unpaired) electrons. The summed E-state index contributed by atoms with van der Waals surface area (Å²) < 4.78 is 53.1. The number of anilines is 1. The molecule has 8 heteroatoms. The van der Waals surface area contributed by atoms with E-state index >= 15 is 0 Å². The lowest BCUT2D eigenvalue weighted by atomic mass is 10.0. The maximum absolute atomic E-state index is 13.5. The molecule has 2 heterocycles. The summed E-state index contributed by atoms with van der Waals surface area (Å²) in [6, 6.07) is 5.41. The number of benzene rings is 1. The third-order valence-corrected chi connectivity index (χ3v) is 2.91. The molecule has 108 valence electrons. The average Bonchev–Trinajstić information content (AvgIpc) is 2.76. The van der Waals surface area contributed by atoms with Gasteiger partial charge in [-0.2, -0.15) is 18.2 Å². The number of fused-ring (bicyclic) bond motifs is 1. The van der Waals surface area contributed by atoms with Crippen LogP contribution < -0.4 is 5.73 Å². The van der Waals surface area contributed by atoms with Crippen LogP contribution in [0.1, 0.15) is 5.56 Å². The van der Waals surface area contributed by atoms with E-state index in [9.17, 15) is 17.6 Å². The Balaban J connectivity index is 2.25. The highest BCUT2D eigenvalue weighted by Gasteiger charge is 2.31. The molecule has 4 nitrogen and oxygen atoms in total. The Morgan fingerprint density at radius 3 is 2.62 bits per heavy atom. The molecule has 0 aliphatic heterocycles. The molecule has 0 saturated carbocycles. The molecule has 0 fully saturated rings. The smallest absolute Gasteiger partial charge is 0.366 e. The van der Waals surface area contributed by atoms with Gasteiger partial charge in [-0.3, -0.25) is 0 Å². The van der Waals surface area contributed by atoms with Crippen molar-refractivity contribution in [2.24, 2.45) is 0 Å². The number of rotatable bonds is 1. The molecule has 21 heavy (non-hydrogen) atoms. The number of hydrogen-bond acceptors (Lipinski definition) is 3. The fourth-order valence-electron chi connectivity index (χ4n) is 2.06. The Kier molecular flexibility index (Phi) is 2.82. The van der Waals surface area contributed by atoms with E-state index in [2.05, 4.69) is 10.1 Å². The van der Waals surface area contributed by atoms with Crippen molar-refractivity contribution in [3.8, 4) is 11.1 Å². The first kappa shape index (κ1) is 13.3. The first-order valence-electron chi connectivity index (χ1n) is 5.83. The Morgan fingerprint density at radius 2 is 1.90 bits per heavy atom. The molecular weight excluding hydrogens is 288 g/mol. The molecule has 2 N–H and O–H groups in total. The molecule has 0 unspecified atom stereocenters. The molecule has 2 aromatic heterocycles. The van der Waals surface area contributed by atoms with Crippen molar-refractivity contribution >= 4 is 11.6 Å². The molecule has 3 aromatic rings. The van der Waals surface area contributed by atoms with Gasteiger partial charge >= 0.3 is 6.18 Å². The molecule has 0 aliphatic rings. The number of pyridine rings is 1. The second kappa shape index (κ2) is 4.44. The maximum atomic E-state index is 13.5. The number of alkyl halides is 3. The first-order chi connectivity index (χ1) is 9.84. The van der Waals surface area contributed by atoms with Gasteiger partial charge in [0.25, 0.3) is 0 Å². The number of nitrogens with zero attached hydrogens (tertiary/aromatic N) is 3. The molecule has 3 rings (SSSR count). The Bertz CT molecular complexity index is 823. The Hall–Kier alpha value is -2.64. The fourth-order valence-corrected chi connectivity index (χ4v) is 2.06. The standard InChI is InChI=1S/C13H8F4N4/c14-9-5-7(4-8(6-9)13(15,16)17)10-2-1-3-21-11(10)19-12(18)20-21/h1-6H,(H2,18,20). The summed E-state index contributed by atoms with van der Waals surface area (Å²) in [5.74, 6) is -0.996. The first-order valence-corrected chi connectivity index (χ1v) is 5.83. The van der Waals surface area contributed by atoms with Crippen molar-refractivity contribution in [2.75, 3.05) is 5.73 Å². The highest BCUT2D eigenvalue weighted by Crippen LogP contribution is 2.34. The zero-order chi connectivity index (χ0) is 15.2. The van der Waals surface area contributed by atoms with E-state index in [1.54, 1.807) is 12.3 Å². The van der Waals surface area contributed by atoms with Gasteiger partial charge in [0.1, 0.15) is 5.82 Å². The van der Waals surface area contributed by atoms with E-state index in [1.165, 1.54) is 10.6 Å².